The molecule has 4 rings (SSSR count). The molecule has 4 atom stereocenters. The summed E-state index contributed by atoms with van der Waals surface area (Å²) < 4.78 is 23.0. The summed E-state index contributed by atoms with van der Waals surface area (Å²) >= 11 is 0. The normalized spacial score (nSPS) is 18.5. The molecule has 12 heteroatoms. The minimum atomic E-state index is -0.615. The number of likely N-dealkylation sites (tertiary alicyclic amines) is 2. The van der Waals surface area contributed by atoms with Gasteiger partial charge in [0.2, 0.25) is 0 Å². The van der Waals surface area contributed by atoms with Crippen LogP contribution in [0.3, 0.4) is 0 Å². The molecule has 2 aromatic carbocycles. The Labute approximate surface area is 359 Å². The molecule has 0 saturated carbocycles. The van der Waals surface area contributed by atoms with Gasteiger partial charge in [-0.3, -0.25) is 9.59 Å². The second-order valence-corrected chi connectivity index (χ2v) is 20.6. The molecule has 0 aromatic heterocycles. The van der Waals surface area contributed by atoms with Crippen molar-refractivity contribution in [3.8, 4) is 0 Å². The lowest BCUT2D eigenvalue weighted by Gasteiger charge is -2.28. The Balaban J connectivity index is 1.29. The van der Waals surface area contributed by atoms with E-state index in [1.807, 2.05) is 95.2 Å². The lowest BCUT2D eigenvalue weighted by molar-refractivity contribution is -0.163. The van der Waals surface area contributed by atoms with Gasteiger partial charge in [-0.25, -0.2) is 9.59 Å². The number of amides is 2. The number of carbonyl (C=O) groups excluding carboxylic acids is 4. The maximum absolute atomic E-state index is 13.6. The molecule has 0 spiro atoms. The predicted octanol–water partition coefficient (Wildman–Crippen LogP) is 8.08. The average Bonchev–Trinajstić information content (AvgIpc) is 3.80. The topological polar surface area (TPSA) is 136 Å². The summed E-state index contributed by atoms with van der Waals surface area (Å²) in [6.45, 7) is 27.3. The highest BCUT2D eigenvalue weighted by atomic mass is 16.6. The number of esters is 2. The molecular weight excluding hydrogens is 761 g/mol. The van der Waals surface area contributed by atoms with Crippen LogP contribution in [0.5, 0.6) is 0 Å². The summed E-state index contributed by atoms with van der Waals surface area (Å²) in [6, 6.07) is 16.6. The van der Waals surface area contributed by atoms with E-state index in [-0.39, 0.29) is 47.8 Å². The number of rotatable bonds is 15. The molecule has 2 heterocycles. The van der Waals surface area contributed by atoms with Gasteiger partial charge in [0, 0.05) is 52.4 Å². The molecule has 60 heavy (non-hydrogen) atoms. The van der Waals surface area contributed by atoms with Crippen LogP contribution in [-0.2, 0) is 54.5 Å². The van der Waals surface area contributed by atoms with E-state index in [9.17, 15) is 19.2 Å². The Bertz CT molecular complexity index is 1620. The fourth-order valence-corrected chi connectivity index (χ4v) is 7.74. The smallest absolute Gasteiger partial charge is 0.410 e. The van der Waals surface area contributed by atoms with Gasteiger partial charge in [-0.2, -0.15) is 0 Å². The number of hydrogen-bond acceptors (Lipinski definition) is 10. The van der Waals surface area contributed by atoms with Gasteiger partial charge in [0.15, 0.2) is 0 Å². The van der Waals surface area contributed by atoms with Gasteiger partial charge in [-0.05, 0) is 143 Å². The molecule has 0 aliphatic carbocycles. The van der Waals surface area contributed by atoms with Crippen molar-refractivity contribution in [2.45, 2.75) is 144 Å². The number of nitrogens with zero attached hydrogens (tertiary/aromatic N) is 2. The van der Waals surface area contributed by atoms with Crippen molar-refractivity contribution in [1.82, 2.24) is 20.4 Å². The van der Waals surface area contributed by atoms with E-state index in [0.29, 0.717) is 65.0 Å². The van der Waals surface area contributed by atoms with Crippen LogP contribution < -0.4 is 10.6 Å². The third kappa shape index (κ3) is 16.7. The molecule has 2 aliphatic rings. The van der Waals surface area contributed by atoms with Gasteiger partial charge >= 0.3 is 24.1 Å². The Kier molecular flexibility index (Phi) is 16.7. The Morgan fingerprint density at radius 1 is 0.550 bits per heavy atom. The van der Waals surface area contributed by atoms with E-state index in [1.165, 1.54) is 0 Å². The highest BCUT2D eigenvalue weighted by Crippen LogP contribution is 2.32. The number of nitrogens with one attached hydrogen (secondary N) is 2. The first kappa shape index (κ1) is 48.5. The van der Waals surface area contributed by atoms with Crippen LogP contribution in [0, 0.1) is 23.7 Å². The average molecular weight is 835 g/mol. The highest BCUT2D eigenvalue weighted by molar-refractivity contribution is 5.75. The maximum Gasteiger partial charge on any atom is 0.410 e. The van der Waals surface area contributed by atoms with E-state index < -0.39 is 22.4 Å². The van der Waals surface area contributed by atoms with Gasteiger partial charge < -0.3 is 39.4 Å². The zero-order chi connectivity index (χ0) is 44.5. The second kappa shape index (κ2) is 20.6. The van der Waals surface area contributed by atoms with E-state index in [4.69, 9.17) is 18.9 Å². The van der Waals surface area contributed by atoms with Crippen molar-refractivity contribution < 1.29 is 38.1 Å². The lowest BCUT2D eigenvalue weighted by Crippen LogP contribution is -2.38. The first-order valence-corrected chi connectivity index (χ1v) is 21.8. The molecule has 2 fully saturated rings. The summed E-state index contributed by atoms with van der Waals surface area (Å²) in [5, 5.41) is 7.07. The van der Waals surface area contributed by atoms with Crippen LogP contribution in [0.25, 0.3) is 0 Å². The van der Waals surface area contributed by atoms with Gasteiger partial charge in [-0.1, -0.05) is 48.5 Å². The van der Waals surface area contributed by atoms with Crippen LogP contribution >= 0.6 is 0 Å². The Morgan fingerprint density at radius 3 is 1.22 bits per heavy atom. The minimum absolute atomic E-state index is 0.0311. The molecule has 0 unspecified atom stereocenters. The Hall–Kier alpha value is -4.16. The first-order chi connectivity index (χ1) is 27.8. The summed E-state index contributed by atoms with van der Waals surface area (Å²) in [7, 11) is 0. The van der Waals surface area contributed by atoms with Crippen LogP contribution in [-0.4, -0.2) is 95.6 Å². The fourth-order valence-electron chi connectivity index (χ4n) is 7.74. The molecule has 2 amide bonds. The molecule has 2 N–H and O–H groups in total. The number of hydrogen-bond donors (Lipinski definition) is 2. The van der Waals surface area contributed by atoms with E-state index >= 15 is 0 Å². The monoisotopic (exact) mass is 835 g/mol. The van der Waals surface area contributed by atoms with E-state index in [1.54, 1.807) is 9.80 Å². The third-order valence-corrected chi connectivity index (χ3v) is 10.3. The first-order valence-electron chi connectivity index (χ1n) is 21.8. The molecule has 12 nitrogen and oxygen atoms in total. The summed E-state index contributed by atoms with van der Waals surface area (Å²) in [4.78, 5) is 56.2. The number of ether oxygens (including phenoxy) is 4. The molecule has 334 valence electrons. The third-order valence-electron chi connectivity index (χ3n) is 10.3. The van der Waals surface area contributed by atoms with Crippen molar-refractivity contribution in [3.05, 3.63) is 70.8 Å². The lowest BCUT2D eigenvalue weighted by atomic mass is 9.85. The van der Waals surface area contributed by atoms with Crippen LogP contribution in [0.2, 0.25) is 0 Å². The van der Waals surface area contributed by atoms with Crippen molar-refractivity contribution >= 4 is 24.1 Å². The molecule has 0 radical (unpaired) electrons. The highest BCUT2D eigenvalue weighted by Gasteiger charge is 2.40. The fraction of sp³-hybridized carbons (Fsp3) is 0.667. The van der Waals surface area contributed by atoms with Crippen molar-refractivity contribution in [2.75, 3.05) is 39.3 Å². The van der Waals surface area contributed by atoms with Gasteiger partial charge in [-0.15, -0.1) is 0 Å². The minimum Gasteiger partial charge on any atom is -0.460 e. The second-order valence-electron chi connectivity index (χ2n) is 20.6. The Morgan fingerprint density at radius 2 is 0.883 bits per heavy atom. The largest absolute Gasteiger partial charge is 0.460 e. The molecule has 0 bridgehead atoms. The molecule has 2 aliphatic heterocycles. The summed E-state index contributed by atoms with van der Waals surface area (Å²) in [6.07, 6.45) is 1.79. The van der Waals surface area contributed by atoms with E-state index in [2.05, 4.69) is 47.0 Å². The molecule has 2 aromatic rings. The van der Waals surface area contributed by atoms with Gasteiger partial charge in [0.1, 0.15) is 22.4 Å². The SMILES string of the molecule is CC(C)(C)OC(=O)[C@@H](Cc1cccc(CNCCNCc2cccc(C[C@H](C(=O)OC(C)(C)C)[C@H]3CCN(C(=O)OC(C)(C)C)C3)c2)c1)[C@H]1CCN(C(=O)OC(C)(C)C)C1. The quantitative estimate of drug-likeness (QED) is 0.103. The van der Waals surface area contributed by atoms with E-state index in [0.717, 1.165) is 35.3 Å². The molecule has 2 saturated heterocycles. The summed E-state index contributed by atoms with van der Waals surface area (Å²) in [5.41, 5.74) is 1.97. The van der Waals surface area contributed by atoms with Crippen molar-refractivity contribution in [2.24, 2.45) is 23.7 Å². The van der Waals surface area contributed by atoms with Crippen LogP contribution in [0.15, 0.2) is 48.5 Å². The molecular formula is C48H74N4O8. The standard InChI is InChI=1S/C48H74N4O8/c1-45(2,3)57-41(53)39(37-19-23-51(31-37)43(55)59-47(7,8)9)27-33-15-13-17-35(25-33)29-49-21-22-50-30-36-18-14-16-34(26-36)28-40(42(54)58-46(4,5)6)38-20-24-52(32-38)44(56)60-48(10,11)12/h13-18,25-26,37-40,49-50H,19-24,27-32H2,1-12H3/t37-,38-,39-,40-/m0/s1. The van der Waals surface area contributed by atoms with Crippen molar-refractivity contribution in [1.29, 1.82) is 0 Å². The number of benzene rings is 2. The van der Waals surface area contributed by atoms with Gasteiger partial charge in [0.05, 0.1) is 11.8 Å². The van der Waals surface area contributed by atoms with Crippen LogP contribution in [0.4, 0.5) is 9.59 Å². The number of carbonyl (C=O) groups is 4. The van der Waals surface area contributed by atoms with Gasteiger partial charge in [0.25, 0.3) is 0 Å². The van der Waals surface area contributed by atoms with Crippen LogP contribution in [0.1, 0.15) is 118 Å². The summed E-state index contributed by atoms with van der Waals surface area (Å²) in [5.74, 6) is -1.30. The van der Waals surface area contributed by atoms with Crippen molar-refractivity contribution in [3.63, 3.8) is 0 Å². The zero-order valence-electron chi connectivity index (χ0n) is 38.6. The zero-order valence-corrected chi connectivity index (χ0v) is 38.6. The maximum atomic E-state index is 13.6. The predicted molar refractivity (Wildman–Crippen MR) is 234 cm³/mol.